The molecule has 182 valence electrons. The maximum absolute atomic E-state index is 12.3. The largest absolute Gasteiger partial charge is 0.301 e. The first-order chi connectivity index (χ1) is 18.7. The van der Waals surface area contributed by atoms with Crippen LogP contribution in [0.25, 0.3) is 44.5 Å². The minimum atomic E-state index is 0.0918. The van der Waals surface area contributed by atoms with E-state index in [1.54, 1.807) is 34.6 Å². The number of rotatable bonds is 6. The number of hydrogen-bond donors (Lipinski definition) is 0. The fraction of sp³-hybridized carbons (Fsp3) is 0.0625. The average Bonchev–Trinajstić information content (AvgIpc) is 3.90. The van der Waals surface area contributed by atoms with E-state index in [0.717, 1.165) is 55.9 Å². The van der Waals surface area contributed by atoms with Crippen molar-refractivity contribution in [3.63, 3.8) is 0 Å². The molecule has 0 bridgehead atoms. The average molecular weight is 495 g/mol. The molecule has 38 heavy (non-hydrogen) atoms. The molecule has 5 aromatic rings. The van der Waals surface area contributed by atoms with Gasteiger partial charge in [-0.2, -0.15) is 0 Å². The number of aromatic nitrogens is 2. The maximum atomic E-state index is 12.3. The SMILES string of the molecule is O=C1CN1c1cc(-c2ccc(-c3ccncc3)cc2)c(N2CC2=O)cc1-c1ccc(-c2ccncc2)cc1. The summed E-state index contributed by atoms with van der Waals surface area (Å²) in [6.07, 6.45) is 7.12. The van der Waals surface area contributed by atoms with Crippen LogP contribution in [-0.4, -0.2) is 34.9 Å². The molecule has 6 nitrogen and oxygen atoms in total. The van der Waals surface area contributed by atoms with Gasteiger partial charge >= 0.3 is 0 Å². The molecule has 2 saturated heterocycles. The Morgan fingerprint density at radius 2 is 0.737 bits per heavy atom. The zero-order valence-electron chi connectivity index (χ0n) is 20.4. The predicted molar refractivity (Wildman–Crippen MR) is 148 cm³/mol. The summed E-state index contributed by atoms with van der Waals surface area (Å²) >= 11 is 0. The molecule has 0 aliphatic carbocycles. The van der Waals surface area contributed by atoms with Crippen LogP contribution in [0, 0.1) is 0 Å². The summed E-state index contributed by atoms with van der Waals surface area (Å²) in [4.78, 5) is 36.4. The number of carbonyl (C=O) groups excluding carboxylic acids is 2. The van der Waals surface area contributed by atoms with E-state index >= 15 is 0 Å². The van der Waals surface area contributed by atoms with Crippen molar-refractivity contribution in [3.05, 3.63) is 110 Å². The highest BCUT2D eigenvalue weighted by Crippen LogP contribution is 2.45. The summed E-state index contributed by atoms with van der Waals surface area (Å²) in [5.41, 5.74) is 9.94. The molecule has 7 rings (SSSR count). The van der Waals surface area contributed by atoms with Crippen LogP contribution in [0.15, 0.2) is 110 Å². The Balaban J connectivity index is 1.33. The van der Waals surface area contributed by atoms with Gasteiger partial charge in [0.1, 0.15) is 13.1 Å². The lowest BCUT2D eigenvalue weighted by Crippen LogP contribution is -2.02. The van der Waals surface area contributed by atoms with E-state index in [2.05, 4.69) is 70.6 Å². The predicted octanol–water partition coefficient (Wildman–Crippen LogP) is 5.84. The molecule has 2 fully saturated rings. The Morgan fingerprint density at radius 1 is 0.447 bits per heavy atom. The van der Waals surface area contributed by atoms with E-state index in [9.17, 15) is 9.59 Å². The van der Waals surface area contributed by atoms with Crippen molar-refractivity contribution >= 4 is 23.2 Å². The van der Waals surface area contributed by atoms with Crippen LogP contribution in [0.1, 0.15) is 0 Å². The lowest BCUT2D eigenvalue weighted by Gasteiger charge is -2.18. The zero-order valence-corrected chi connectivity index (χ0v) is 20.4. The second-order valence-electron chi connectivity index (χ2n) is 9.47. The first-order valence-corrected chi connectivity index (χ1v) is 12.5. The number of carbonyl (C=O) groups is 2. The van der Waals surface area contributed by atoms with E-state index in [-0.39, 0.29) is 11.8 Å². The number of pyridine rings is 2. The normalized spacial score (nSPS) is 14.1. The monoisotopic (exact) mass is 494 g/mol. The van der Waals surface area contributed by atoms with Crippen molar-refractivity contribution in [2.45, 2.75) is 0 Å². The van der Waals surface area contributed by atoms with Gasteiger partial charge < -0.3 is 9.80 Å². The van der Waals surface area contributed by atoms with E-state index < -0.39 is 0 Å². The highest BCUT2D eigenvalue weighted by molar-refractivity contribution is 6.18. The highest BCUT2D eigenvalue weighted by atomic mass is 16.2. The van der Waals surface area contributed by atoms with Gasteiger partial charge in [-0.3, -0.25) is 19.6 Å². The fourth-order valence-corrected chi connectivity index (χ4v) is 4.90. The zero-order chi connectivity index (χ0) is 25.6. The van der Waals surface area contributed by atoms with Gasteiger partial charge in [-0.25, -0.2) is 0 Å². The first-order valence-electron chi connectivity index (χ1n) is 12.5. The standard InChI is InChI=1S/C32H22N4O2/c37-31-19-35(31)29-18-28(26-7-3-22(4-8-26)24-11-15-34-16-12-24)30(36-20-32(36)38)17-27(29)25-5-1-21(2-6-25)23-9-13-33-14-10-23/h1-18H,19-20H2. The van der Waals surface area contributed by atoms with Gasteiger partial charge in [-0.05, 0) is 69.8 Å². The topological polar surface area (TPSA) is 65.9 Å². The molecule has 0 unspecified atom stereocenters. The third-order valence-corrected chi connectivity index (χ3v) is 7.10. The van der Waals surface area contributed by atoms with Gasteiger partial charge in [0.25, 0.3) is 0 Å². The Bertz CT molecular complexity index is 1550. The Kier molecular flexibility index (Phi) is 5.11. The molecule has 6 heteroatoms. The number of nitrogens with zero attached hydrogens (tertiary/aromatic N) is 4. The minimum absolute atomic E-state index is 0.0918. The van der Waals surface area contributed by atoms with Crippen molar-refractivity contribution in [1.29, 1.82) is 0 Å². The number of hydrogen-bond acceptors (Lipinski definition) is 4. The molecular formula is C32H22N4O2. The van der Waals surface area contributed by atoms with Crippen molar-refractivity contribution < 1.29 is 9.59 Å². The van der Waals surface area contributed by atoms with E-state index in [1.807, 2.05) is 24.3 Å². The number of anilines is 2. The highest BCUT2D eigenvalue weighted by Gasteiger charge is 2.38. The molecule has 2 amide bonds. The summed E-state index contributed by atoms with van der Waals surface area (Å²) in [6.45, 7) is 0.787. The molecule has 2 aromatic heterocycles. The second-order valence-corrected chi connectivity index (χ2v) is 9.47. The molecule has 0 saturated carbocycles. The fourth-order valence-electron chi connectivity index (χ4n) is 4.90. The Labute approximate surface area is 219 Å². The quantitative estimate of drug-likeness (QED) is 0.278. The van der Waals surface area contributed by atoms with Crippen molar-refractivity contribution in [3.8, 4) is 44.5 Å². The van der Waals surface area contributed by atoms with Crippen molar-refractivity contribution in [1.82, 2.24) is 9.97 Å². The molecule has 0 N–H and O–H groups in total. The van der Waals surface area contributed by atoms with E-state index in [4.69, 9.17) is 0 Å². The first kappa shape index (κ1) is 22.1. The summed E-state index contributed by atoms with van der Waals surface area (Å²) in [5.74, 6) is 0.184. The van der Waals surface area contributed by atoms with Crippen LogP contribution in [0.2, 0.25) is 0 Å². The Morgan fingerprint density at radius 3 is 1.05 bits per heavy atom. The van der Waals surface area contributed by atoms with Crippen LogP contribution >= 0.6 is 0 Å². The van der Waals surface area contributed by atoms with Gasteiger partial charge in [-0.15, -0.1) is 0 Å². The molecule has 4 heterocycles. The van der Waals surface area contributed by atoms with Crippen LogP contribution in [0.4, 0.5) is 11.4 Å². The van der Waals surface area contributed by atoms with E-state index in [1.165, 1.54) is 0 Å². The summed E-state index contributed by atoms with van der Waals surface area (Å²) < 4.78 is 0. The van der Waals surface area contributed by atoms with Crippen molar-refractivity contribution in [2.24, 2.45) is 0 Å². The van der Waals surface area contributed by atoms with Crippen molar-refractivity contribution in [2.75, 3.05) is 22.9 Å². The third-order valence-electron chi connectivity index (χ3n) is 7.10. The van der Waals surface area contributed by atoms with Crippen LogP contribution in [-0.2, 0) is 9.59 Å². The van der Waals surface area contributed by atoms with Crippen LogP contribution in [0.5, 0.6) is 0 Å². The van der Waals surface area contributed by atoms with Gasteiger partial charge in [0.15, 0.2) is 0 Å². The van der Waals surface area contributed by atoms with Gasteiger partial charge in [-0.1, -0.05) is 48.5 Å². The lowest BCUT2D eigenvalue weighted by molar-refractivity contribution is -0.110. The maximum Gasteiger partial charge on any atom is 0.247 e. The third kappa shape index (κ3) is 4.02. The lowest BCUT2D eigenvalue weighted by atomic mass is 9.94. The number of amides is 2. The summed E-state index contributed by atoms with van der Waals surface area (Å²) in [6, 6.07) is 28.6. The Hall–Kier alpha value is -5.10. The van der Waals surface area contributed by atoms with Gasteiger partial charge in [0.2, 0.25) is 11.8 Å². The molecular weight excluding hydrogens is 472 g/mol. The molecule has 0 atom stereocenters. The molecule has 0 spiro atoms. The second kappa shape index (κ2) is 8.78. The van der Waals surface area contributed by atoms with Gasteiger partial charge in [0.05, 0.1) is 11.4 Å². The smallest absolute Gasteiger partial charge is 0.247 e. The molecule has 0 radical (unpaired) electrons. The number of benzene rings is 3. The van der Waals surface area contributed by atoms with E-state index in [0.29, 0.717) is 13.1 Å². The van der Waals surface area contributed by atoms with Crippen LogP contribution < -0.4 is 9.80 Å². The van der Waals surface area contributed by atoms with Crippen LogP contribution in [0.3, 0.4) is 0 Å². The molecule has 3 aromatic carbocycles. The molecule has 2 aliphatic rings. The molecule has 2 aliphatic heterocycles. The summed E-state index contributed by atoms with van der Waals surface area (Å²) in [5, 5.41) is 0. The summed E-state index contributed by atoms with van der Waals surface area (Å²) in [7, 11) is 0. The minimum Gasteiger partial charge on any atom is -0.301 e. The van der Waals surface area contributed by atoms with Gasteiger partial charge in [0, 0.05) is 35.9 Å².